The smallest absolute Gasteiger partial charge is 0.274 e. The third-order valence-corrected chi connectivity index (χ3v) is 5.05. The van der Waals surface area contributed by atoms with Gasteiger partial charge in [0, 0.05) is 32.2 Å². The molecule has 0 atom stereocenters. The van der Waals surface area contributed by atoms with Crippen LogP contribution in [0, 0.1) is 6.92 Å². The standard InChI is InChI=1S/C24H35N5O2.C2H6/c1-7-8-20-22(28(6)16-19-11-9-18(2)10-12-19)26-15-21(27-20)23(31)29(24(3,4)5)14-13-25-17-30;1-2/h9-12,15,17H,7-8,13-14,16H2,1-6H3,(H,25,30);1-2H3. The molecule has 2 rings (SSSR count). The quantitative estimate of drug-likeness (QED) is 0.425. The molecule has 0 saturated carbocycles. The average molecular weight is 456 g/mol. The van der Waals surface area contributed by atoms with Crippen LogP contribution >= 0.6 is 0 Å². The van der Waals surface area contributed by atoms with Gasteiger partial charge < -0.3 is 15.1 Å². The van der Waals surface area contributed by atoms with Crippen LogP contribution in [0.2, 0.25) is 0 Å². The number of nitrogens with zero attached hydrogens (tertiary/aromatic N) is 4. The highest BCUT2D eigenvalue weighted by Gasteiger charge is 2.28. The molecule has 1 aromatic carbocycles. The molecule has 0 unspecified atom stereocenters. The summed E-state index contributed by atoms with van der Waals surface area (Å²) in [5.74, 6) is 0.613. The number of hydrogen-bond donors (Lipinski definition) is 1. The van der Waals surface area contributed by atoms with Crippen molar-refractivity contribution < 1.29 is 9.59 Å². The third-order valence-electron chi connectivity index (χ3n) is 5.05. The largest absolute Gasteiger partial charge is 0.357 e. The molecule has 182 valence electrons. The fourth-order valence-corrected chi connectivity index (χ4v) is 3.40. The normalized spacial score (nSPS) is 10.7. The highest BCUT2D eigenvalue weighted by atomic mass is 16.2. The summed E-state index contributed by atoms with van der Waals surface area (Å²) in [6, 6.07) is 8.44. The first-order valence-electron chi connectivity index (χ1n) is 11.8. The minimum atomic E-state index is -0.408. The number of benzene rings is 1. The second-order valence-electron chi connectivity index (χ2n) is 8.82. The molecule has 0 aliphatic rings. The van der Waals surface area contributed by atoms with Crippen molar-refractivity contribution in [1.29, 1.82) is 0 Å². The average Bonchev–Trinajstić information content (AvgIpc) is 2.78. The Morgan fingerprint density at radius 1 is 1.15 bits per heavy atom. The molecule has 0 spiro atoms. The van der Waals surface area contributed by atoms with Crippen LogP contribution in [0.3, 0.4) is 0 Å². The van der Waals surface area contributed by atoms with Gasteiger partial charge in [-0.05, 0) is 39.7 Å². The lowest BCUT2D eigenvalue weighted by Crippen LogP contribution is -2.48. The Morgan fingerprint density at radius 3 is 2.33 bits per heavy atom. The minimum Gasteiger partial charge on any atom is -0.357 e. The second kappa shape index (κ2) is 13.6. The molecule has 7 heteroatoms. The van der Waals surface area contributed by atoms with Gasteiger partial charge in [0.15, 0.2) is 0 Å². The summed E-state index contributed by atoms with van der Waals surface area (Å²) in [6.07, 6.45) is 3.85. The molecule has 1 N–H and O–H groups in total. The monoisotopic (exact) mass is 455 g/mol. The number of rotatable bonds is 10. The number of aromatic nitrogens is 2. The van der Waals surface area contributed by atoms with Gasteiger partial charge in [0.2, 0.25) is 6.41 Å². The van der Waals surface area contributed by atoms with Crippen molar-refractivity contribution in [3.63, 3.8) is 0 Å². The molecule has 2 aromatic rings. The fourth-order valence-electron chi connectivity index (χ4n) is 3.40. The Hall–Kier alpha value is -2.96. The van der Waals surface area contributed by atoms with E-state index in [0.29, 0.717) is 31.7 Å². The van der Waals surface area contributed by atoms with E-state index < -0.39 is 5.54 Å². The van der Waals surface area contributed by atoms with E-state index in [1.807, 2.05) is 41.7 Å². The first-order chi connectivity index (χ1) is 15.7. The van der Waals surface area contributed by atoms with E-state index in [2.05, 4.69) is 53.3 Å². The van der Waals surface area contributed by atoms with Crippen molar-refractivity contribution in [2.45, 2.75) is 73.4 Å². The maximum absolute atomic E-state index is 13.2. The molecule has 1 heterocycles. The van der Waals surface area contributed by atoms with Crippen LogP contribution in [0.15, 0.2) is 30.5 Å². The molecule has 0 aliphatic carbocycles. The summed E-state index contributed by atoms with van der Waals surface area (Å²) in [7, 11) is 2.00. The SMILES string of the molecule is CC.CCCc1nc(C(=O)N(CCNC=O)C(C)(C)C)cnc1N(C)Cc1ccc(C)cc1. The van der Waals surface area contributed by atoms with E-state index in [9.17, 15) is 9.59 Å². The van der Waals surface area contributed by atoms with E-state index >= 15 is 0 Å². The molecule has 2 amide bonds. The van der Waals surface area contributed by atoms with E-state index in [1.54, 1.807) is 11.1 Å². The molecular formula is C26H41N5O2. The number of aryl methyl sites for hydroxylation is 2. The van der Waals surface area contributed by atoms with Gasteiger partial charge in [-0.25, -0.2) is 9.97 Å². The molecule has 0 radical (unpaired) electrons. The van der Waals surface area contributed by atoms with Crippen molar-refractivity contribution in [2.75, 3.05) is 25.0 Å². The third kappa shape index (κ3) is 8.48. The summed E-state index contributed by atoms with van der Waals surface area (Å²) in [4.78, 5) is 37.0. The summed E-state index contributed by atoms with van der Waals surface area (Å²) >= 11 is 0. The van der Waals surface area contributed by atoms with Crippen molar-refractivity contribution >= 4 is 18.1 Å². The van der Waals surface area contributed by atoms with Gasteiger partial charge in [0.05, 0.1) is 11.9 Å². The zero-order valence-corrected chi connectivity index (χ0v) is 21.6. The molecule has 0 bridgehead atoms. The zero-order valence-electron chi connectivity index (χ0n) is 21.6. The molecule has 0 aliphatic heterocycles. The van der Waals surface area contributed by atoms with Crippen LogP contribution in [0.25, 0.3) is 0 Å². The van der Waals surface area contributed by atoms with Crippen LogP contribution in [0.5, 0.6) is 0 Å². The van der Waals surface area contributed by atoms with Gasteiger partial charge in [-0.2, -0.15) is 0 Å². The first kappa shape index (κ1) is 28.1. The number of anilines is 1. The van der Waals surface area contributed by atoms with Crippen molar-refractivity contribution in [3.8, 4) is 0 Å². The molecule has 7 nitrogen and oxygen atoms in total. The Balaban J connectivity index is 0.00000265. The number of hydrogen-bond acceptors (Lipinski definition) is 5. The summed E-state index contributed by atoms with van der Waals surface area (Å²) in [5.41, 5.74) is 3.17. The van der Waals surface area contributed by atoms with Crippen molar-refractivity contribution in [3.05, 3.63) is 53.0 Å². The highest BCUT2D eigenvalue weighted by Crippen LogP contribution is 2.21. The Morgan fingerprint density at radius 2 is 1.79 bits per heavy atom. The number of carbonyl (C=O) groups is 2. The van der Waals surface area contributed by atoms with Gasteiger partial charge in [0.25, 0.3) is 5.91 Å². The van der Waals surface area contributed by atoms with Crippen LogP contribution in [0.1, 0.15) is 75.3 Å². The van der Waals surface area contributed by atoms with Gasteiger partial charge >= 0.3 is 0 Å². The fraction of sp³-hybridized carbons (Fsp3) is 0.538. The van der Waals surface area contributed by atoms with Gasteiger partial charge in [-0.1, -0.05) is 57.0 Å². The van der Waals surface area contributed by atoms with Gasteiger partial charge in [-0.15, -0.1) is 0 Å². The van der Waals surface area contributed by atoms with Crippen LogP contribution in [-0.4, -0.2) is 52.9 Å². The van der Waals surface area contributed by atoms with E-state index in [0.717, 1.165) is 24.4 Å². The predicted octanol–water partition coefficient (Wildman–Crippen LogP) is 4.39. The highest BCUT2D eigenvalue weighted by molar-refractivity contribution is 5.92. The van der Waals surface area contributed by atoms with Gasteiger partial charge in [0.1, 0.15) is 11.5 Å². The van der Waals surface area contributed by atoms with E-state index in [1.165, 1.54) is 11.1 Å². The number of amides is 2. The molecule has 33 heavy (non-hydrogen) atoms. The minimum absolute atomic E-state index is 0.183. The lowest BCUT2D eigenvalue weighted by molar-refractivity contribution is -0.109. The van der Waals surface area contributed by atoms with E-state index in [4.69, 9.17) is 4.98 Å². The Kier molecular flexibility index (Phi) is 11.5. The number of carbonyl (C=O) groups excluding carboxylic acids is 2. The topological polar surface area (TPSA) is 78.4 Å². The van der Waals surface area contributed by atoms with Crippen LogP contribution < -0.4 is 10.2 Å². The second-order valence-corrected chi connectivity index (χ2v) is 8.82. The number of nitrogens with one attached hydrogen (secondary N) is 1. The van der Waals surface area contributed by atoms with Crippen molar-refractivity contribution in [1.82, 2.24) is 20.2 Å². The Bertz CT molecular complexity index is 875. The lowest BCUT2D eigenvalue weighted by Gasteiger charge is -2.35. The summed E-state index contributed by atoms with van der Waals surface area (Å²) < 4.78 is 0. The summed E-state index contributed by atoms with van der Waals surface area (Å²) in [5, 5.41) is 2.62. The van der Waals surface area contributed by atoms with Gasteiger partial charge in [-0.3, -0.25) is 9.59 Å². The molecule has 0 saturated heterocycles. The van der Waals surface area contributed by atoms with Crippen LogP contribution in [-0.2, 0) is 17.8 Å². The predicted molar refractivity (Wildman–Crippen MR) is 136 cm³/mol. The summed E-state index contributed by atoms with van der Waals surface area (Å²) in [6.45, 7) is 15.6. The van der Waals surface area contributed by atoms with Crippen LogP contribution in [0.4, 0.5) is 5.82 Å². The van der Waals surface area contributed by atoms with E-state index in [-0.39, 0.29) is 5.91 Å². The molecular weight excluding hydrogens is 414 g/mol. The maximum Gasteiger partial charge on any atom is 0.274 e. The van der Waals surface area contributed by atoms with Crippen molar-refractivity contribution in [2.24, 2.45) is 0 Å². The maximum atomic E-state index is 13.2. The zero-order chi connectivity index (χ0) is 25.0. The first-order valence-corrected chi connectivity index (χ1v) is 11.8. The lowest BCUT2D eigenvalue weighted by atomic mass is 10.1. The Labute approximate surface area is 199 Å². The molecule has 1 aromatic heterocycles. The molecule has 0 fully saturated rings.